The van der Waals surface area contributed by atoms with Gasteiger partial charge >= 0.3 is 18.3 Å². The van der Waals surface area contributed by atoms with E-state index in [1.54, 1.807) is 73.2 Å². The van der Waals surface area contributed by atoms with Crippen molar-refractivity contribution in [2.24, 2.45) is 7.05 Å². The van der Waals surface area contributed by atoms with Gasteiger partial charge < -0.3 is 29.2 Å². The van der Waals surface area contributed by atoms with Gasteiger partial charge in [0, 0.05) is 55.4 Å². The highest BCUT2D eigenvalue weighted by molar-refractivity contribution is 5.93. The number of hydrogen-bond acceptors (Lipinski definition) is 12. The number of fused-ring (bicyclic) bond motifs is 1. The monoisotopic (exact) mass is 911 g/mol. The average Bonchev–Trinajstić information content (AvgIpc) is 3.57. The fourth-order valence-electron chi connectivity index (χ4n) is 8.42. The zero-order chi connectivity index (χ0) is 48.3. The second-order valence-electron chi connectivity index (χ2n) is 20.7. The highest BCUT2D eigenvalue weighted by Crippen LogP contribution is 2.34. The number of benzene rings is 2. The maximum absolute atomic E-state index is 14.1. The molecule has 2 aliphatic rings. The Morgan fingerprint density at radius 1 is 0.773 bits per heavy atom. The first kappa shape index (κ1) is 49.7. The lowest BCUT2D eigenvalue weighted by molar-refractivity contribution is -0.115. The molecule has 0 spiro atoms. The first-order valence-corrected chi connectivity index (χ1v) is 23.2. The van der Waals surface area contributed by atoms with E-state index in [4.69, 9.17) is 28.9 Å². The summed E-state index contributed by atoms with van der Waals surface area (Å²) in [7, 11) is 3.97. The van der Waals surface area contributed by atoms with E-state index in [9.17, 15) is 19.2 Å². The fourth-order valence-corrected chi connectivity index (χ4v) is 8.42. The Bertz CT molecular complexity index is 2370. The molecular weight excluding hydrogens is 841 g/mol. The summed E-state index contributed by atoms with van der Waals surface area (Å²) in [6, 6.07) is 10.9. The lowest BCUT2D eigenvalue weighted by Gasteiger charge is -2.39. The fraction of sp³-hybridized carbons (Fsp3) is 0.580. The minimum absolute atomic E-state index is 0.178. The molecule has 66 heavy (non-hydrogen) atoms. The SMILES string of the molecule is CCc1cc(-c2cc(NC(=O)Cc3ccc(OC4CCN(C)CC4)c(C)c3)nn2C)cc2cnc(N(C(=O)OC(C)(C)C)C3CCC(N(C(=O)OC(C)(C)C)C(=O)OC(C)(C)C)CC3)nc12. The minimum Gasteiger partial charge on any atom is -0.490 e. The van der Waals surface area contributed by atoms with E-state index in [0.29, 0.717) is 43.4 Å². The van der Waals surface area contributed by atoms with Crippen LogP contribution in [0, 0.1) is 6.92 Å². The summed E-state index contributed by atoms with van der Waals surface area (Å²) in [5.74, 6) is 1.31. The van der Waals surface area contributed by atoms with E-state index in [2.05, 4.69) is 22.4 Å². The second-order valence-corrected chi connectivity index (χ2v) is 20.7. The number of aromatic nitrogens is 4. The van der Waals surface area contributed by atoms with Gasteiger partial charge in [-0.15, -0.1) is 0 Å². The summed E-state index contributed by atoms with van der Waals surface area (Å²) in [5, 5.41) is 8.37. The van der Waals surface area contributed by atoms with Crippen molar-refractivity contribution < 1.29 is 38.1 Å². The van der Waals surface area contributed by atoms with Crippen LogP contribution in [-0.4, -0.2) is 109 Å². The topological polar surface area (TPSA) is 171 Å². The molecule has 1 aliphatic carbocycles. The smallest absolute Gasteiger partial charge is 0.420 e. The van der Waals surface area contributed by atoms with Crippen molar-refractivity contribution in [3.8, 4) is 17.0 Å². The zero-order valence-electron chi connectivity index (χ0n) is 41.2. The van der Waals surface area contributed by atoms with E-state index in [-0.39, 0.29) is 24.4 Å². The van der Waals surface area contributed by atoms with E-state index in [1.807, 2.05) is 57.3 Å². The number of nitrogens with one attached hydrogen (secondary N) is 1. The maximum Gasteiger partial charge on any atom is 0.420 e. The van der Waals surface area contributed by atoms with Gasteiger partial charge in [0.15, 0.2) is 5.82 Å². The van der Waals surface area contributed by atoms with Crippen LogP contribution in [0.5, 0.6) is 5.75 Å². The van der Waals surface area contributed by atoms with Gasteiger partial charge in [-0.25, -0.2) is 34.2 Å². The molecule has 2 fully saturated rings. The summed E-state index contributed by atoms with van der Waals surface area (Å²) in [5.41, 5.74) is 2.69. The molecule has 1 saturated carbocycles. The van der Waals surface area contributed by atoms with Crippen molar-refractivity contribution in [3.05, 3.63) is 59.3 Å². The molecule has 16 nitrogen and oxygen atoms in total. The Hall–Kier alpha value is -5.77. The number of ether oxygens (including phenoxy) is 4. The van der Waals surface area contributed by atoms with Crippen LogP contribution >= 0.6 is 0 Å². The lowest BCUT2D eigenvalue weighted by atomic mass is 9.89. The number of nitrogens with zero attached hydrogens (tertiary/aromatic N) is 7. The maximum atomic E-state index is 14.1. The highest BCUT2D eigenvalue weighted by atomic mass is 16.6. The summed E-state index contributed by atoms with van der Waals surface area (Å²) in [6.45, 7) is 22.0. The number of likely N-dealkylation sites (tertiary alicyclic amines) is 1. The molecule has 1 aliphatic heterocycles. The molecule has 2 aromatic heterocycles. The number of aryl methyl sites for hydroxylation is 3. The van der Waals surface area contributed by atoms with Gasteiger partial charge in [0.05, 0.1) is 17.6 Å². The van der Waals surface area contributed by atoms with Crippen LogP contribution in [0.2, 0.25) is 0 Å². The Labute approximate surface area is 389 Å². The third-order valence-electron chi connectivity index (χ3n) is 11.5. The average molecular weight is 911 g/mol. The summed E-state index contributed by atoms with van der Waals surface area (Å²) in [6.07, 6.45) is 4.19. The predicted molar refractivity (Wildman–Crippen MR) is 255 cm³/mol. The quantitative estimate of drug-likeness (QED) is 0.150. The van der Waals surface area contributed by atoms with E-state index < -0.39 is 47.2 Å². The molecule has 1 N–H and O–H groups in total. The third-order valence-corrected chi connectivity index (χ3v) is 11.5. The molecule has 3 heterocycles. The van der Waals surface area contributed by atoms with Crippen molar-refractivity contribution in [3.63, 3.8) is 0 Å². The predicted octanol–water partition coefficient (Wildman–Crippen LogP) is 9.78. The Kier molecular flexibility index (Phi) is 15.0. The third kappa shape index (κ3) is 13.0. The molecule has 2 aromatic carbocycles. The van der Waals surface area contributed by atoms with Crippen LogP contribution in [0.4, 0.5) is 26.1 Å². The van der Waals surface area contributed by atoms with Gasteiger partial charge in [-0.3, -0.25) is 9.48 Å². The summed E-state index contributed by atoms with van der Waals surface area (Å²) in [4.78, 5) is 68.9. The molecule has 6 rings (SSSR count). The van der Waals surface area contributed by atoms with Crippen molar-refractivity contribution >= 4 is 46.9 Å². The van der Waals surface area contributed by atoms with Crippen LogP contribution in [-0.2, 0) is 38.9 Å². The molecule has 16 heteroatoms. The summed E-state index contributed by atoms with van der Waals surface area (Å²) < 4.78 is 25.3. The molecule has 4 amide bonds. The second kappa shape index (κ2) is 20.0. The number of imide groups is 1. The van der Waals surface area contributed by atoms with Crippen LogP contribution < -0.4 is 15.0 Å². The first-order valence-electron chi connectivity index (χ1n) is 23.2. The van der Waals surface area contributed by atoms with Crippen LogP contribution in [0.3, 0.4) is 0 Å². The number of rotatable bonds is 10. The van der Waals surface area contributed by atoms with Crippen molar-refractivity contribution in [2.75, 3.05) is 30.4 Å². The van der Waals surface area contributed by atoms with Crippen LogP contribution in [0.25, 0.3) is 22.2 Å². The lowest BCUT2D eigenvalue weighted by Crippen LogP contribution is -2.52. The normalized spacial score (nSPS) is 17.5. The zero-order valence-corrected chi connectivity index (χ0v) is 41.2. The number of anilines is 2. The molecular formula is C50H70N8O8. The number of hydrogen-bond donors (Lipinski definition) is 1. The Balaban J connectivity index is 1.19. The minimum atomic E-state index is -0.831. The van der Waals surface area contributed by atoms with E-state index in [0.717, 1.165) is 69.9 Å². The highest BCUT2D eigenvalue weighted by Gasteiger charge is 2.41. The standard InChI is InChI=1S/C50H70N8O8/c1-14-33-27-34(39-29-41(54-56(39)13)52-42(59)26-32-15-20-40(31(2)25-32)63-38-21-23-55(12)24-22-38)28-35-30-51-44(53-43(33)35)57(45(60)64-48(3,4)5)36-16-18-37(19-17-36)58(46(61)65-49(6,7)8)47(62)66-50(9,10)11/h15,20,25,27-30,36-38H,14,16-19,21-24,26H2,1-13H3,(H,52,54,59). The molecule has 358 valence electrons. The van der Waals surface area contributed by atoms with Crippen LogP contribution in [0.15, 0.2) is 42.6 Å². The van der Waals surface area contributed by atoms with Gasteiger partial charge in [0.1, 0.15) is 28.7 Å². The molecule has 4 aromatic rings. The summed E-state index contributed by atoms with van der Waals surface area (Å²) >= 11 is 0. The number of piperidine rings is 1. The largest absolute Gasteiger partial charge is 0.490 e. The molecule has 0 atom stereocenters. The number of carbonyl (C=O) groups is 4. The van der Waals surface area contributed by atoms with Crippen molar-refractivity contribution in [1.29, 1.82) is 0 Å². The first-order chi connectivity index (χ1) is 30.9. The number of carbonyl (C=O) groups excluding carboxylic acids is 4. The molecule has 0 unspecified atom stereocenters. The van der Waals surface area contributed by atoms with Crippen LogP contribution in [0.1, 0.15) is 124 Å². The van der Waals surface area contributed by atoms with Gasteiger partial charge in [-0.05, 0) is 156 Å². The Morgan fingerprint density at radius 2 is 1.36 bits per heavy atom. The van der Waals surface area contributed by atoms with Gasteiger partial charge in [-0.2, -0.15) is 5.10 Å². The molecule has 1 saturated heterocycles. The Morgan fingerprint density at radius 3 is 1.94 bits per heavy atom. The van der Waals surface area contributed by atoms with Gasteiger partial charge in [0.2, 0.25) is 11.9 Å². The van der Waals surface area contributed by atoms with Gasteiger partial charge in [0.25, 0.3) is 0 Å². The van der Waals surface area contributed by atoms with E-state index in [1.165, 1.54) is 4.90 Å². The van der Waals surface area contributed by atoms with E-state index >= 15 is 0 Å². The van der Waals surface area contributed by atoms with Crippen molar-refractivity contribution in [1.82, 2.24) is 29.5 Å². The number of amides is 4. The molecule has 0 radical (unpaired) electrons. The molecule has 0 bridgehead atoms. The van der Waals surface area contributed by atoms with Gasteiger partial charge in [-0.1, -0.05) is 19.1 Å². The van der Waals surface area contributed by atoms with Crippen molar-refractivity contribution in [2.45, 2.75) is 163 Å².